The fourth-order valence-corrected chi connectivity index (χ4v) is 1.48. The first-order chi connectivity index (χ1) is 8.20. The standard InChI is InChI=1S/C11H11F2N3O/c1-14-11-15-6-7-16(11)8-2-4-9(5-3-8)17-10(12)13/h2-7,10H,1H3,(H,14,15). The largest absolute Gasteiger partial charge is 0.435 e. The summed E-state index contributed by atoms with van der Waals surface area (Å²) >= 11 is 0. The smallest absolute Gasteiger partial charge is 0.387 e. The van der Waals surface area contributed by atoms with Crippen LogP contribution in [0.3, 0.4) is 0 Å². The first kappa shape index (κ1) is 11.4. The van der Waals surface area contributed by atoms with E-state index in [1.54, 1.807) is 36.1 Å². The summed E-state index contributed by atoms with van der Waals surface area (Å²) in [7, 11) is 1.76. The van der Waals surface area contributed by atoms with Crippen molar-refractivity contribution >= 4 is 5.95 Å². The van der Waals surface area contributed by atoms with Crippen molar-refractivity contribution in [2.75, 3.05) is 12.4 Å². The molecule has 1 aromatic heterocycles. The molecule has 1 heterocycles. The molecule has 0 unspecified atom stereocenters. The van der Waals surface area contributed by atoms with Crippen molar-refractivity contribution in [3.63, 3.8) is 0 Å². The van der Waals surface area contributed by atoms with E-state index < -0.39 is 6.61 Å². The van der Waals surface area contributed by atoms with Crippen LogP contribution in [0.1, 0.15) is 0 Å². The van der Waals surface area contributed by atoms with Gasteiger partial charge in [-0.1, -0.05) is 0 Å². The number of nitrogens with one attached hydrogen (secondary N) is 1. The molecule has 0 spiro atoms. The van der Waals surface area contributed by atoms with Crippen LogP contribution in [0.5, 0.6) is 5.75 Å². The molecule has 0 amide bonds. The summed E-state index contributed by atoms with van der Waals surface area (Å²) in [6.07, 6.45) is 3.42. The lowest BCUT2D eigenvalue weighted by atomic mass is 10.3. The molecular weight excluding hydrogens is 228 g/mol. The summed E-state index contributed by atoms with van der Waals surface area (Å²) in [5.41, 5.74) is 0.813. The van der Waals surface area contributed by atoms with E-state index in [0.29, 0.717) is 5.95 Å². The molecule has 0 radical (unpaired) electrons. The molecule has 0 aliphatic heterocycles. The zero-order valence-corrected chi connectivity index (χ0v) is 9.10. The second kappa shape index (κ2) is 4.82. The van der Waals surface area contributed by atoms with Crippen LogP contribution >= 0.6 is 0 Å². The lowest BCUT2D eigenvalue weighted by Gasteiger charge is -2.08. The maximum atomic E-state index is 12.0. The van der Waals surface area contributed by atoms with Gasteiger partial charge in [-0.2, -0.15) is 8.78 Å². The van der Waals surface area contributed by atoms with Crippen LogP contribution in [0.15, 0.2) is 36.7 Å². The molecular formula is C11H11F2N3O. The Hall–Kier alpha value is -2.11. The number of alkyl halides is 2. The third-order valence-corrected chi connectivity index (χ3v) is 2.20. The summed E-state index contributed by atoms with van der Waals surface area (Å²) < 4.78 is 30.0. The number of imidazole rings is 1. The summed E-state index contributed by atoms with van der Waals surface area (Å²) in [5, 5.41) is 2.92. The monoisotopic (exact) mass is 239 g/mol. The SMILES string of the molecule is CNc1nccn1-c1ccc(OC(F)F)cc1. The Morgan fingerprint density at radius 1 is 1.29 bits per heavy atom. The fraction of sp³-hybridized carbons (Fsp3) is 0.182. The molecule has 2 rings (SSSR count). The van der Waals surface area contributed by atoms with E-state index in [2.05, 4.69) is 15.0 Å². The van der Waals surface area contributed by atoms with Crippen LogP contribution in [0, 0.1) is 0 Å². The predicted octanol–water partition coefficient (Wildman–Crippen LogP) is 2.52. The molecule has 90 valence electrons. The molecule has 0 aliphatic rings. The second-order valence-corrected chi connectivity index (χ2v) is 3.24. The van der Waals surface area contributed by atoms with Crippen molar-refractivity contribution in [2.24, 2.45) is 0 Å². The van der Waals surface area contributed by atoms with Crippen LogP contribution < -0.4 is 10.1 Å². The fourth-order valence-electron chi connectivity index (χ4n) is 1.48. The van der Waals surface area contributed by atoms with Gasteiger partial charge in [-0.25, -0.2) is 4.98 Å². The number of nitrogens with zero attached hydrogens (tertiary/aromatic N) is 2. The molecule has 0 aliphatic carbocycles. The van der Waals surface area contributed by atoms with Crippen molar-refractivity contribution in [3.05, 3.63) is 36.7 Å². The van der Waals surface area contributed by atoms with Crippen molar-refractivity contribution in [1.82, 2.24) is 9.55 Å². The maximum absolute atomic E-state index is 12.0. The van der Waals surface area contributed by atoms with E-state index in [-0.39, 0.29) is 5.75 Å². The van der Waals surface area contributed by atoms with Gasteiger partial charge in [0.2, 0.25) is 5.95 Å². The van der Waals surface area contributed by atoms with Gasteiger partial charge in [-0.3, -0.25) is 4.57 Å². The summed E-state index contributed by atoms with van der Waals surface area (Å²) in [6.45, 7) is -2.80. The highest BCUT2D eigenvalue weighted by atomic mass is 19.3. The summed E-state index contributed by atoms with van der Waals surface area (Å²) in [5.74, 6) is 0.808. The molecule has 17 heavy (non-hydrogen) atoms. The Bertz CT molecular complexity index is 482. The molecule has 2 aromatic rings. The van der Waals surface area contributed by atoms with Crippen molar-refractivity contribution in [3.8, 4) is 11.4 Å². The van der Waals surface area contributed by atoms with Gasteiger partial charge >= 0.3 is 6.61 Å². The molecule has 0 fully saturated rings. The zero-order valence-electron chi connectivity index (χ0n) is 9.10. The van der Waals surface area contributed by atoms with E-state index in [0.717, 1.165) is 5.69 Å². The Balaban J connectivity index is 2.23. The van der Waals surface area contributed by atoms with E-state index in [9.17, 15) is 8.78 Å². The third-order valence-electron chi connectivity index (χ3n) is 2.20. The Kier molecular flexibility index (Phi) is 3.22. The average molecular weight is 239 g/mol. The van der Waals surface area contributed by atoms with Gasteiger partial charge in [-0.05, 0) is 24.3 Å². The van der Waals surface area contributed by atoms with E-state index >= 15 is 0 Å². The number of anilines is 1. The van der Waals surface area contributed by atoms with Crippen LogP contribution in [-0.2, 0) is 0 Å². The minimum atomic E-state index is -2.80. The third kappa shape index (κ3) is 2.52. The number of halogens is 2. The molecule has 1 aromatic carbocycles. The highest BCUT2D eigenvalue weighted by Gasteiger charge is 2.06. The van der Waals surface area contributed by atoms with Crippen LogP contribution in [0.4, 0.5) is 14.7 Å². The first-order valence-corrected chi connectivity index (χ1v) is 4.97. The Morgan fingerprint density at radius 3 is 2.59 bits per heavy atom. The normalized spacial score (nSPS) is 10.6. The molecule has 4 nitrogen and oxygen atoms in total. The topological polar surface area (TPSA) is 39.1 Å². The highest BCUT2D eigenvalue weighted by molar-refractivity contribution is 5.43. The summed E-state index contributed by atoms with van der Waals surface area (Å²) in [6, 6.07) is 6.34. The predicted molar refractivity (Wildman–Crippen MR) is 59.7 cm³/mol. The first-order valence-electron chi connectivity index (χ1n) is 4.97. The minimum Gasteiger partial charge on any atom is -0.435 e. The molecule has 0 bridgehead atoms. The highest BCUT2D eigenvalue weighted by Crippen LogP contribution is 2.19. The number of rotatable bonds is 4. The van der Waals surface area contributed by atoms with E-state index in [1.807, 2.05) is 0 Å². The number of ether oxygens (including phenoxy) is 1. The lowest BCUT2D eigenvalue weighted by Crippen LogP contribution is -2.03. The number of benzene rings is 1. The molecule has 0 saturated heterocycles. The van der Waals surface area contributed by atoms with Crippen LogP contribution in [0.25, 0.3) is 5.69 Å². The van der Waals surface area contributed by atoms with Crippen molar-refractivity contribution in [1.29, 1.82) is 0 Å². The average Bonchev–Trinajstić information content (AvgIpc) is 2.77. The Morgan fingerprint density at radius 2 is 2.00 bits per heavy atom. The van der Waals surface area contributed by atoms with Crippen LogP contribution in [0.2, 0.25) is 0 Å². The maximum Gasteiger partial charge on any atom is 0.387 e. The van der Waals surface area contributed by atoms with E-state index in [1.165, 1.54) is 12.1 Å². The Labute approximate surface area is 96.9 Å². The number of hydrogen-bond donors (Lipinski definition) is 1. The zero-order chi connectivity index (χ0) is 12.3. The number of hydrogen-bond acceptors (Lipinski definition) is 3. The van der Waals surface area contributed by atoms with E-state index in [4.69, 9.17) is 0 Å². The molecule has 0 atom stereocenters. The van der Waals surface area contributed by atoms with Gasteiger partial charge in [0.25, 0.3) is 0 Å². The molecule has 1 N–H and O–H groups in total. The van der Waals surface area contributed by atoms with Crippen molar-refractivity contribution in [2.45, 2.75) is 6.61 Å². The number of aromatic nitrogens is 2. The molecule has 0 saturated carbocycles. The summed E-state index contributed by atoms with van der Waals surface area (Å²) in [4.78, 5) is 4.08. The van der Waals surface area contributed by atoms with Gasteiger partial charge in [0.1, 0.15) is 5.75 Å². The van der Waals surface area contributed by atoms with Gasteiger partial charge in [0, 0.05) is 25.1 Å². The quantitative estimate of drug-likeness (QED) is 0.891. The van der Waals surface area contributed by atoms with Gasteiger partial charge in [-0.15, -0.1) is 0 Å². The molecule has 6 heteroatoms. The second-order valence-electron chi connectivity index (χ2n) is 3.24. The van der Waals surface area contributed by atoms with Crippen LogP contribution in [-0.4, -0.2) is 23.2 Å². The van der Waals surface area contributed by atoms with Gasteiger partial charge < -0.3 is 10.1 Å². The van der Waals surface area contributed by atoms with Gasteiger partial charge in [0.05, 0.1) is 0 Å². The van der Waals surface area contributed by atoms with Gasteiger partial charge in [0.15, 0.2) is 0 Å². The lowest BCUT2D eigenvalue weighted by molar-refractivity contribution is -0.0498. The minimum absolute atomic E-state index is 0.134. The van der Waals surface area contributed by atoms with Crippen molar-refractivity contribution < 1.29 is 13.5 Å².